The quantitative estimate of drug-likeness (QED) is 0.491. The van der Waals surface area contributed by atoms with Gasteiger partial charge >= 0.3 is 0 Å². The molecular weight excluding hydrogens is 294 g/mol. The second-order valence-corrected chi connectivity index (χ2v) is 5.34. The van der Waals surface area contributed by atoms with Crippen LogP contribution in [0.3, 0.4) is 0 Å². The largest absolute Gasteiger partial charge is 0.497 e. The molecule has 0 amide bonds. The van der Waals surface area contributed by atoms with Crippen LogP contribution in [0.5, 0.6) is 5.75 Å². The van der Waals surface area contributed by atoms with Gasteiger partial charge in [-0.2, -0.15) is 0 Å². The number of fused-ring (bicyclic) bond motifs is 1. The Balaban J connectivity index is 2.00. The minimum Gasteiger partial charge on any atom is -0.497 e. The van der Waals surface area contributed by atoms with Crippen molar-refractivity contribution in [1.82, 2.24) is 0 Å². The predicted molar refractivity (Wildman–Crippen MR) is 86.7 cm³/mol. The number of methoxy groups -OCH3 is 1. The number of carbonyl (C=O) groups excluding carboxylic acids is 1. The lowest BCUT2D eigenvalue weighted by molar-refractivity contribution is -0.385. The first kappa shape index (κ1) is 15.0. The van der Waals surface area contributed by atoms with Crippen LogP contribution in [0, 0.1) is 10.1 Å². The summed E-state index contributed by atoms with van der Waals surface area (Å²) in [7, 11) is 1.59. The number of hydrogen-bond donors (Lipinski definition) is 0. The number of rotatable bonds is 3. The smallest absolute Gasteiger partial charge is 0.276 e. The lowest BCUT2D eigenvalue weighted by Gasteiger charge is -2.18. The van der Waals surface area contributed by atoms with Crippen LogP contribution < -0.4 is 4.74 Å². The van der Waals surface area contributed by atoms with Crippen LogP contribution >= 0.6 is 0 Å². The molecule has 0 saturated carbocycles. The summed E-state index contributed by atoms with van der Waals surface area (Å²) in [4.78, 5) is 23.3. The number of nitro groups is 1. The molecule has 116 valence electrons. The first-order valence-corrected chi connectivity index (χ1v) is 7.26. The van der Waals surface area contributed by atoms with E-state index in [0.717, 1.165) is 11.3 Å². The van der Waals surface area contributed by atoms with Crippen LogP contribution in [0.2, 0.25) is 0 Å². The lowest BCUT2D eigenvalue weighted by atomic mass is 9.86. The normalized spacial score (nSPS) is 15.3. The highest BCUT2D eigenvalue weighted by molar-refractivity contribution is 6.13. The lowest BCUT2D eigenvalue weighted by Crippen LogP contribution is -2.14. The van der Waals surface area contributed by atoms with Gasteiger partial charge < -0.3 is 4.74 Å². The molecule has 5 nitrogen and oxygen atoms in total. The van der Waals surface area contributed by atoms with Crippen molar-refractivity contribution >= 4 is 17.5 Å². The molecule has 5 heteroatoms. The van der Waals surface area contributed by atoms with E-state index in [2.05, 4.69) is 0 Å². The molecule has 0 aliphatic heterocycles. The molecule has 0 N–H and O–H groups in total. The Labute approximate surface area is 133 Å². The molecule has 1 aliphatic carbocycles. The topological polar surface area (TPSA) is 69.4 Å². The number of nitro benzene ring substituents is 1. The minimum atomic E-state index is -0.432. The first-order chi connectivity index (χ1) is 11.1. The molecule has 0 fully saturated rings. The van der Waals surface area contributed by atoms with E-state index in [1.54, 1.807) is 43.5 Å². The van der Waals surface area contributed by atoms with Crippen LogP contribution in [0.4, 0.5) is 5.69 Å². The van der Waals surface area contributed by atoms with Gasteiger partial charge in [0.2, 0.25) is 0 Å². The van der Waals surface area contributed by atoms with E-state index in [-0.39, 0.29) is 11.5 Å². The van der Waals surface area contributed by atoms with Crippen molar-refractivity contribution in [1.29, 1.82) is 0 Å². The summed E-state index contributed by atoms with van der Waals surface area (Å²) in [5, 5.41) is 11.1. The number of nitrogens with zero attached hydrogens (tertiary/aromatic N) is 1. The zero-order valence-corrected chi connectivity index (χ0v) is 12.6. The fourth-order valence-corrected chi connectivity index (χ4v) is 2.78. The Kier molecular flexibility index (Phi) is 3.93. The van der Waals surface area contributed by atoms with Gasteiger partial charge in [-0.25, -0.2) is 0 Å². The van der Waals surface area contributed by atoms with Crippen molar-refractivity contribution in [3.05, 3.63) is 74.8 Å². The standard InChI is InChI=1S/C18H15NO4/c1-23-15-8-9-16-12(11-15)6-7-14(18(16)20)10-13-4-2-3-5-17(13)19(21)22/h2-5,8-11H,6-7H2,1H3. The summed E-state index contributed by atoms with van der Waals surface area (Å²) >= 11 is 0. The van der Waals surface area contributed by atoms with Crippen LogP contribution in [0.15, 0.2) is 48.0 Å². The van der Waals surface area contributed by atoms with Gasteiger partial charge in [0.05, 0.1) is 17.6 Å². The first-order valence-electron chi connectivity index (χ1n) is 7.26. The maximum Gasteiger partial charge on any atom is 0.276 e. The maximum atomic E-state index is 12.6. The Morgan fingerprint density at radius 1 is 1.17 bits per heavy atom. The van der Waals surface area contributed by atoms with Gasteiger partial charge in [-0.3, -0.25) is 14.9 Å². The predicted octanol–water partition coefficient (Wildman–Crippen LogP) is 3.82. The monoisotopic (exact) mass is 309 g/mol. The number of aryl methyl sites for hydroxylation is 1. The van der Waals surface area contributed by atoms with Gasteiger partial charge in [-0.05, 0) is 48.7 Å². The average Bonchev–Trinajstić information content (AvgIpc) is 2.57. The molecule has 0 saturated heterocycles. The molecule has 0 heterocycles. The minimum absolute atomic E-state index is 0.00771. The van der Waals surface area contributed by atoms with Gasteiger partial charge in [0.1, 0.15) is 5.75 Å². The van der Waals surface area contributed by atoms with Crippen molar-refractivity contribution in [2.45, 2.75) is 12.8 Å². The molecule has 1 aliphatic rings. The summed E-state index contributed by atoms with van der Waals surface area (Å²) in [6, 6.07) is 11.8. The van der Waals surface area contributed by atoms with Crippen LogP contribution in [-0.4, -0.2) is 17.8 Å². The van der Waals surface area contributed by atoms with Crippen molar-refractivity contribution in [3.63, 3.8) is 0 Å². The SMILES string of the molecule is COc1ccc2c(c1)CCC(=Cc1ccccc1[N+](=O)[O-])C2=O. The zero-order chi connectivity index (χ0) is 16.4. The number of para-hydroxylation sites is 1. The Morgan fingerprint density at radius 3 is 2.70 bits per heavy atom. The summed E-state index contributed by atoms with van der Waals surface area (Å²) in [6.07, 6.45) is 2.91. The van der Waals surface area contributed by atoms with Crippen LogP contribution in [0.1, 0.15) is 27.9 Å². The highest BCUT2D eigenvalue weighted by atomic mass is 16.6. The molecule has 0 unspecified atom stereocenters. The van der Waals surface area contributed by atoms with Gasteiger partial charge in [-0.15, -0.1) is 0 Å². The number of Topliss-reactive ketones (excluding diaryl/α,β-unsaturated/α-hetero) is 1. The number of hydrogen-bond acceptors (Lipinski definition) is 4. The number of allylic oxidation sites excluding steroid dienone is 1. The fraction of sp³-hybridized carbons (Fsp3) is 0.167. The average molecular weight is 309 g/mol. The van der Waals surface area contributed by atoms with E-state index >= 15 is 0 Å². The third-order valence-corrected chi connectivity index (χ3v) is 3.98. The van der Waals surface area contributed by atoms with Crippen LogP contribution in [-0.2, 0) is 6.42 Å². The van der Waals surface area contributed by atoms with Gasteiger partial charge in [0, 0.05) is 17.2 Å². The van der Waals surface area contributed by atoms with Crippen molar-refractivity contribution in [2.24, 2.45) is 0 Å². The van der Waals surface area contributed by atoms with Gasteiger partial charge in [0.15, 0.2) is 5.78 Å². The van der Waals surface area contributed by atoms with Crippen molar-refractivity contribution in [3.8, 4) is 5.75 Å². The summed E-state index contributed by atoms with van der Waals surface area (Å²) < 4.78 is 5.18. The molecule has 23 heavy (non-hydrogen) atoms. The molecule has 0 aromatic heterocycles. The molecule has 3 rings (SSSR count). The summed E-state index contributed by atoms with van der Waals surface area (Å²) in [6.45, 7) is 0. The number of ketones is 1. The highest BCUT2D eigenvalue weighted by Gasteiger charge is 2.23. The van der Waals surface area contributed by atoms with Crippen molar-refractivity contribution < 1.29 is 14.5 Å². The van der Waals surface area contributed by atoms with E-state index in [1.165, 1.54) is 6.07 Å². The van der Waals surface area contributed by atoms with E-state index in [9.17, 15) is 14.9 Å². The van der Waals surface area contributed by atoms with E-state index in [1.807, 2.05) is 6.07 Å². The third-order valence-electron chi connectivity index (χ3n) is 3.98. The number of ether oxygens (including phenoxy) is 1. The number of carbonyl (C=O) groups is 1. The molecule has 2 aromatic rings. The van der Waals surface area contributed by atoms with E-state index in [4.69, 9.17) is 4.74 Å². The summed E-state index contributed by atoms with van der Waals surface area (Å²) in [5.41, 5.74) is 2.65. The second kappa shape index (κ2) is 6.04. The molecule has 2 aromatic carbocycles. The fourth-order valence-electron chi connectivity index (χ4n) is 2.78. The Hall–Kier alpha value is -2.95. The zero-order valence-electron chi connectivity index (χ0n) is 12.6. The van der Waals surface area contributed by atoms with Gasteiger partial charge in [0.25, 0.3) is 5.69 Å². The van der Waals surface area contributed by atoms with Crippen molar-refractivity contribution in [2.75, 3.05) is 7.11 Å². The molecule has 0 spiro atoms. The summed E-state index contributed by atoms with van der Waals surface area (Å²) in [5.74, 6) is 0.648. The Morgan fingerprint density at radius 2 is 1.96 bits per heavy atom. The van der Waals surface area contributed by atoms with Gasteiger partial charge in [-0.1, -0.05) is 12.1 Å². The molecular formula is C18H15NO4. The second-order valence-electron chi connectivity index (χ2n) is 5.34. The molecule has 0 bridgehead atoms. The van der Waals surface area contributed by atoms with E-state index < -0.39 is 4.92 Å². The van der Waals surface area contributed by atoms with Crippen LogP contribution in [0.25, 0.3) is 6.08 Å². The maximum absolute atomic E-state index is 12.6. The van der Waals surface area contributed by atoms with E-state index in [0.29, 0.717) is 29.5 Å². The molecule has 0 atom stereocenters. The number of benzene rings is 2. The Bertz CT molecular complexity index is 824. The third kappa shape index (κ3) is 2.85. The highest BCUT2D eigenvalue weighted by Crippen LogP contribution is 2.30. The molecule has 0 radical (unpaired) electrons.